The maximum absolute atomic E-state index is 11.4. The molecule has 0 saturated carbocycles. The zero-order chi connectivity index (χ0) is 8.20. The number of hydrogen-bond acceptors (Lipinski definition) is 1. The lowest BCUT2D eigenvalue weighted by Gasteiger charge is -2.04. The molecule has 0 aliphatic carbocycles. The molecular formula is C5H8F3NO. The molecule has 0 atom stereocenters. The van der Waals surface area contributed by atoms with E-state index in [0.717, 1.165) is 0 Å². The van der Waals surface area contributed by atoms with Gasteiger partial charge in [0, 0.05) is 6.54 Å². The van der Waals surface area contributed by atoms with Crippen LogP contribution in [0.2, 0.25) is 0 Å². The lowest BCUT2D eigenvalue weighted by Crippen LogP contribution is -2.28. The van der Waals surface area contributed by atoms with Crippen molar-refractivity contribution >= 4 is 5.91 Å². The Kier molecular flexibility index (Phi) is 3.18. The van der Waals surface area contributed by atoms with E-state index in [1.165, 1.54) is 0 Å². The van der Waals surface area contributed by atoms with Crippen LogP contribution in [0.3, 0.4) is 0 Å². The van der Waals surface area contributed by atoms with Crippen LogP contribution in [0, 0.1) is 0 Å². The van der Waals surface area contributed by atoms with Crippen molar-refractivity contribution in [3.05, 3.63) is 0 Å². The summed E-state index contributed by atoms with van der Waals surface area (Å²) in [6.45, 7) is 1.79. The number of carbonyl (C=O) groups excluding carboxylic acids is 1. The highest BCUT2D eigenvalue weighted by atomic mass is 19.4. The highest BCUT2D eigenvalue weighted by Gasteiger charge is 2.30. The van der Waals surface area contributed by atoms with E-state index < -0.39 is 18.5 Å². The minimum Gasteiger partial charge on any atom is -0.356 e. The molecule has 0 aliphatic rings. The molecule has 0 fully saturated rings. The van der Waals surface area contributed by atoms with Crippen LogP contribution < -0.4 is 5.32 Å². The van der Waals surface area contributed by atoms with Gasteiger partial charge in [-0.2, -0.15) is 13.2 Å². The van der Waals surface area contributed by atoms with E-state index in [4.69, 9.17) is 0 Å². The second kappa shape index (κ2) is 3.43. The fourth-order valence-electron chi connectivity index (χ4n) is 0.442. The van der Waals surface area contributed by atoms with Gasteiger partial charge < -0.3 is 5.32 Å². The topological polar surface area (TPSA) is 29.1 Å². The molecule has 0 aromatic rings. The minimum atomic E-state index is -4.39. The molecule has 0 aromatic heterocycles. The van der Waals surface area contributed by atoms with Gasteiger partial charge in [0.15, 0.2) is 0 Å². The first kappa shape index (κ1) is 9.26. The molecule has 0 heterocycles. The monoisotopic (exact) mass is 155 g/mol. The Bertz CT molecular complexity index is 121. The van der Waals surface area contributed by atoms with Crippen molar-refractivity contribution in [3.8, 4) is 0 Å². The largest absolute Gasteiger partial charge is 0.397 e. The van der Waals surface area contributed by atoms with Crippen molar-refractivity contribution in [1.29, 1.82) is 0 Å². The number of rotatable bonds is 2. The summed E-state index contributed by atoms with van der Waals surface area (Å²) in [6.07, 6.45) is -5.78. The van der Waals surface area contributed by atoms with E-state index in [1.54, 1.807) is 6.92 Å². The first-order valence-electron chi connectivity index (χ1n) is 2.79. The van der Waals surface area contributed by atoms with E-state index in [0.29, 0.717) is 0 Å². The molecule has 2 nitrogen and oxygen atoms in total. The standard InChI is InChI=1S/C5H8F3NO/c1-2-9-4(10)3-5(6,7)8/h2-3H2,1H3,(H,9,10). The third-order valence-corrected chi connectivity index (χ3v) is 0.735. The molecular weight excluding hydrogens is 147 g/mol. The lowest BCUT2D eigenvalue weighted by molar-refractivity contribution is -0.153. The van der Waals surface area contributed by atoms with E-state index in [1.807, 2.05) is 5.32 Å². The minimum absolute atomic E-state index is 0.231. The summed E-state index contributed by atoms with van der Waals surface area (Å²) in [4.78, 5) is 10.2. The van der Waals surface area contributed by atoms with Gasteiger partial charge in [-0.25, -0.2) is 0 Å². The molecule has 0 radical (unpaired) electrons. The Labute approximate surface area is 56.4 Å². The molecule has 0 bridgehead atoms. The molecule has 0 spiro atoms. The predicted molar refractivity (Wildman–Crippen MR) is 29.4 cm³/mol. The summed E-state index contributed by atoms with van der Waals surface area (Å²) >= 11 is 0. The van der Waals surface area contributed by atoms with Crippen LogP contribution in [0.5, 0.6) is 0 Å². The Morgan fingerprint density at radius 2 is 2.00 bits per heavy atom. The van der Waals surface area contributed by atoms with Gasteiger partial charge in [0.25, 0.3) is 0 Å². The first-order chi connectivity index (χ1) is 4.45. The van der Waals surface area contributed by atoms with Crippen LogP contribution >= 0.6 is 0 Å². The SMILES string of the molecule is CCNC(=O)CC(F)(F)F. The molecule has 0 unspecified atom stereocenters. The Hall–Kier alpha value is -0.740. The summed E-state index contributed by atoms with van der Waals surface area (Å²) in [5, 5.41) is 2.04. The van der Waals surface area contributed by atoms with Crippen LogP contribution in [-0.2, 0) is 4.79 Å². The van der Waals surface area contributed by atoms with Crippen LogP contribution in [0.15, 0.2) is 0 Å². The van der Waals surface area contributed by atoms with Gasteiger partial charge in [-0.1, -0.05) is 0 Å². The van der Waals surface area contributed by atoms with Crippen molar-refractivity contribution in [3.63, 3.8) is 0 Å². The Morgan fingerprint density at radius 1 is 1.50 bits per heavy atom. The fraction of sp³-hybridized carbons (Fsp3) is 0.800. The highest BCUT2D eigenvalue weighted by molar-refractivity contribution is 5.76. The van der Waals surface area contributed by atoms with Crippen molar-refractivity contribution in [2.24, 2.45) is 0 Å². The molecule has 0 aromatic carbocycles. The first-order valence-corrected chi connectivity index (χ1v) is 2.79. The molecule has 5 heteroatoms. The van der Waals surface area contributed by atoms with Gasteiger partial charge in [-0.15, -0.1) is 0 Å². The van der Waals surface area contributed by atoms with E-state index in [2.05, 4.69) is 0 Å². The van der Waals surface area contributed by atoms with E-state index in [9.17, 15) is 18.0 Å². The third-order valence-electron chi connectivity index (χ3n) is 0.735. The second-order valence-electron chi connectivity index (χ2n) is 1.75. The normalized spacial score (nSPS) is 11.2. The van der Waals surface area contributed by atoms with Gasteiger partial charge in [0.05, 0.1) is 0 Å². The molecule has 60 valence electrons. The third kappa shape index (κ3) is 5.40. The molecule has 0 rings (SSSR count). The zero-order valence-corrected chi connectivity index (χ0v) is 5.46. The molecule has 1 amide bonds. The Morgan fingerprint density at radius 3 is 2.30 bits per heavy atom. The number of carbonyl (C=O) groups is 1. The molecule has 0 aliphatic heterocycles. The van der Waals surface area contributed by atoms with Gasteiger partial charge in [0.1, 0.15) is 6.42 Å². The fourth-order valence-corrected chi connectivity index (χ4v) is 0.442. The van der Waals surface area contributed by atoms with Gasteiger partial charge in [-0.05, 0) is 6.92 Å². The second-order valence-corrected chi connectivity index (χ2v) is 1.75. The van der Waals surface area contributed by atoms with E-state index >= 15 is 0 Å². The highest BCUT2D eigenvalue weighted by Crippen LogP contribution is 2.18. The predicted octanol–water partition coefficient (Wildman–Crippen LogP) is 1.07. The summed E-state index contributed by atoms with van der Waals surface area (Å²) < 4.78 is 34.1. The Balaban J connectivity index is 3.58. The van der Waals surface area contributed by atoms with Crippen LogP contribution in [0.1, 0.15) is 13.3 Å². The zero-order valence-electron chi connectivity index (χ0n) is 5.46. The molecule has 0 saturated heterocycles. The number of halogens is 3. The quantitative estimate of drug-likeness (QED) is 0.635. The van der Waals surface area contributed by atoms with Crippen molar-refractivity contribution in [2.45, 2.75) is 19.5 Å². The molecule has 1 N–H and O–H groups in total. The van der Waals surface area contributed by atoms with Crippen LogP contribution in [0.4, 0.5) is 13.2 Å². The number of amides is 1. The summed E-state index contributed by atoms with van der Waals surface area (Å²) in [5.41, 5.74) is 0. The van der Waals surface area contributed by atoms with Gasteiger partial charge >= 0.3 is 6.18 Å². The van der Waals surface area contributed by atoms with Crippen molar-refractivity contribution in [1.82, 2.24) is 5.32 Å². The van der Waals surface area contributed by atoms with E-state index in [-0.39, 0.29) is 6.54 Å². The summed E-state index contributed by atoms with van der Waals surface area (Å²) in [5.74, 6) is -0.977. The maximum atomic E-state index is 11.4. The average molecular weight is 155 g/mol. The van der Waals surface area contributed by atoms with Crippen LogP contribution in [-0.4, -0.2) is 18.6 Å². The van der Waals surface area contributed by atoms with Gasteiger partial charge in [0.2, 0.25) is 5.91 Å². The van der Waals surface area contributed by atoms with Crippen molar-refractivity contribution in [2.75, 3.05) is 6.54 Å². The van der Waals surface area contributed by atoms with Crippen LogP contribution in [0.25, 0.3) is 0 Å². The average Bonchev–Trinajstić information content (AvgIpc) is 1.59. The van der Waals surface area contributed by atoms with Crippen molar-refractivity contribution < 1.29 is 18.0 Å². The summed E-state index contributed by atoms with van der Waals surface area (Å²) in [7, 11) is 0. The number of hydrogen-bond donors (Lipinski definition) is 1. The number of alkyl halides is 3. The number of nitrogens with one attached hydrogen (secondary N) is 1. The lowest BCUT2D eigenvalue weighted by atomic mass is 10.4. The molecule has 10 heavy (non-hydrogen) atoms. The van der Waals surface area contributed by atoms with Gasteiger partial charge in [-0.3, -0.25) is 4.79 Å². The summed E-state index contributed by atoms with van der Waals surface area (Å²) in [6, 6.07) is 0. The smallest absolute Gasteiger partial charge is 0.356 e. The maximum Gasteiger partial charge on any atom is 0.397 e.